The lowest BCUT2D eigenvalue weighted by atomic mass is 9.90. The van der Waals surface area contributed by atoms with Gasteiger partial charge in [-0.1, -0.05) is 12.1 Å². The highest BCUT2D eigenvalue weighted by atomic mass is 19.4. The first-order valence-corrected chi connectivity index (χ1v) is 7.44. The van der Waals surface area contributed by atoms with Gasteiger partial charge in [0, 0.05) is 38.0 Å². The number of benzene rings is 1. The molecule has 4 nitrogen and oxygen atoms in total. The summed E-state index contributed by atoms with van der Waals surface area (Å²) in [7, 11) is 3.83. The third-order valence-electron chi connectivity index (χ3n) is 4.08. The Bertz CT molecular complexity index is 565. The van der Waals surface area contributed by atoms with Gasteiger partial charge in [-0.2, -0.15) is 13.2 Å². The van der Waals surface area contributed by atoms with Gasteiger partial charge >= 0.3 is 6.18 Å². The van der Waals surface area contributed by atoms with Crippen LogP contribution in [0.5, 0.6) is 0 Å². The summed E-state index contributed by atoms with van der Waals surface area (Å²) >= 11 is 0. The molecule has 1 aliphatic heterocycles. The summed E-state index contributed by atoms with van der Waals surface area (Å²) in [4.78, 5) is 15.8. The van der Waals surface area contributed by atoms with Crippen LogP contribution in [0.1, 0.15) is 28.8 Å². The first-order chi connectivity index (χ1) is 10.6. The fourth-order valence-electron chi connectivity index (χ4n) is 2.71. The van der Waals surface area contributed by atoms with Crippen molar-refractivity contribution in [1.29, 1.82) is 0 Å². The summed E-state index contributed by atoms with van der Waals surface area (Å²) in [6.07, 6.45) is -5.63. The fourth-order valence-corrected chi connectivity index (χ4v) is 2.71. The molecule has 0 bridgehead atoms. The van der Waals surface area contributed by atoms with Crippen LogP contribution >= 0.6 is 0 Å². The van der Waals surface area contributed by atoms with E-state index < -0.39 is 24.6 Å². The number of hydrogen-bond donors (Lipinski definition) is 1. The van der Waals surface area contributed by atoms with Gasteiger partial charge in [0.1, 0.15) is 0 Å². The predicted octanol–water partition coefficient (Wildman–Crippen LogP) is 2.28. The third kappa shape index (κ3) is 4.03. The molecule has 1 aliphatic rings. The molecule has 0 radical (unpaired) electrons. The van der Waals surface area contributed by atoms with Crippen molar-refractivity contribution in [3.05, 3.63) is 35.4 Å². The Morgan fingerprint density at radius 1 is 1.30 bits per heavy atom. The van der Waals surface area contributed by atoms with Gasteiger partial charge in [-0.05, 0) is 31.8 Å². The molecule has 1 fully saturated rings. The number of nitrogens with zero attached hydrogens (tertiary/aromatic N) is 2. The number of hydrogen-bond acceptors (Lipinski definition) is 3. The molecular formula is C16H21F3N2O2. The molecule has 1 amide bonds. The first-order valence-electron chi connectivity index (χ1n) is 7.44. The molecule has 0 unspecified atom stereocenters. The Morgan fingerprint density at radius 2 is 1.91 bits per heavy atom. The molecule has 0 aliphatic carbocycles. The van der Waals surface area contributed by atoms with E-state index in [2.05, 4.69) is 0 Å². The van der Waals surface area contributed by atoms with Gasteiger partial charge in [-0.3, -0.25) is 4.79 Å². The summed E-state index contributed by atoms with van der Waals surface area (Å²) in [6.45, 7) is 0.467. The van der Waals surface area contributed by atoms with E-state index in [9.17, 15) is 23.1 Å². The second kappa shape index (κ2) is 6.49. The number of rotatable bonds is 3. The minimum absolute atomic E-state index is 0.104. The van der Waals surface area contributed by atoms with Crippen LogP contribution in [0.2, 0.25) is 0 Å². The summed E-state index contributed by atoms with van der Waals surface area (Å²) in [6, 6.07) is 7.08. The van der Waals surface area contributed by atoms with Crippen LogP contribution in [-0.2, 0) is 6.54 Å². The van der Waals surface area contributed by atoms with E-state index in [0.29, 0.717) is 12.1 Å². The molecule has 23 heavy (non-hydrogen) atoms. The topological polar surface area (TPSA) is 43.8 Å². The van der Waals surface area contributed by atoms with Crippen molar-refractivity contribution in [3.63, 3.8) is 0 Å². The normalized spacial score (nSPS) is 18.3. The monoisotopic (exact) mass is 330 g/mol. The number of halogens is 3. The van der Waals surface area contributed by atoms with E-state index in [4.69, 9.17) is 0 Å². The third-order valence-corrected chi connectivity index (χ3v) is 4.08. The van der Waals surface area contributed by atoms with Crippen LogP contribution in [-0.4, -0.2) is 59.8 Å². The highest BCUT2D eigenvalue weighted by Crippen LogP contribution is 2.38. The minimum atomic E-state index is -4.66. The molecule has 1 N–H and O–H groups in total. The zero-order chi connectivity index (χ0) is 17.3. The van der Waals surface area contributed by atoms with Crippen molar-refractivity contribution in [1.82, 2.24) is 9.80 Å². The van der Waals surface area contributed by atoms with Crippen LogP contribution in [0, 0.1) is 0 Å². The molecule has 128 valence electrons. The molecule has 0 saturated carbocycles. The standard InChI is InChI=1S/C16H21F3N2O2/c1-20(2)11-12-4-3-5-13(10-12)14(22)21-8-6-15(23,7-9-21)16(17,18)19/h3-5,10,23H,6-9,11H2,1-2H3. The zero-order valence-corrected chi connectivity index (χ0v) is 13.2. The van der Waals surface area contributed by atoms with Crippen molar-refractivity contribution in [2.75, 3.05) is 27.2 Å². The Morgan fingerprint density at radius 3 is 2.43 bits per heavy atom. The highest BCUT2D eigenvalue weighted by Gasteiger charge is 2.54. The molecule has 1 saturated heterocycles. The van der Waals surface area contributed by atoms with Crippen LogP contribution in [0.4, 0.5) is 13.2 Å². The van der Waals surface area contributed by atoms with Crippen LogP contribution in [0.15, 0.2) is 24.3 Å². The van der Waals surface area contributed by atoms with Crippen molar-refractivity contribution >= 4 is 5.91 Å². The Balaban J connectivity index is 2.06. The molecule has 0 spiro atoms. The van der Waals surface area contributed by atoms with E-state index in [1.807, 2.05) is 25.1 Å². The van der Waals surface area contributed by atoms with Gasteiger partial charge in [0.2, 0.25) is 0 Å². The molecule has 7 heteroatoms. The number of likely N-dealkylation sites (tertiary alicyclic amines) is 1. The van der Waals surface area contributed by atoms with Crippen molar-refractivity contribution in [2.24, 2.45) is 0 Å². The van der Waals surface area contributed by atoms with Gasteiger partial charge in [-0.25, -0.2) is 0 Å². The predicted molar refractivity (Wildman–Crippen MR) is 80.0 cm³/mol. The summed E-state index contributed by atoms with van der Waals surface area (Å²) in [5.74, 6) is -0.296. The summed E-state index contributed by atoms with van der Waals surface area (Å²) in [5.41, 5.74) is -1.26. The fraction of sp³-hybridized carbons (Fsp3) is 0.562. The smallest absolute Gasteiger partial charge is 0.380 e. The molecule has 0 atom stereocenters. The van der Waals surface area contributed by atoms with Crippen molar-refractivity contribution < 1.29 is 23.1 Å². The molecule has 1 heterocycles. The minimum Gasteiger partial charge on any atom is -0.380 e. The Labute approximate surface area is 133 Å². The quantitative estimate of drug-likeness (QED) is 0.925. The van der Waals surface area contributed by atoms with Crippen molar-refractivity contribution in [2.45, 2.75) is 31.2 Å². The zero-order valence-electron chi connectivity index (χ0n) is 13.2. The Kier molecular flexibility index (Phi) is 5.01. The average Bonchev–Trinajstić information content (AvgIpc) is 2.46. The average molecular weight is 330 g/mol. The van der Waals surface area contributed by atoms with E-state index in [1.54, 1.807) is 18.2 Å². The van der Waals surface area contributed by atoms with Crippen LogP contribution in [0.3, 0.4) is 0 Å². The van der Waals surface area contributed by atoms with Gasteiger partial charge in [0.05, 0.1) is 0 Å². The number of carbonyl (C=O) groups excluding carboxylic acids is 1. The van der Waals surface area contributed by atoms with E-state index in [1.165, 1.54) is 4.90 Å². The maximum Gasteiger partial charge on any atom is 0.417 e. The number of piperidine rings is 1. The summed E-state index contributed by atoms with van der Waals surface area (Å²) < 4.78 is 38.4. The maximum absolute atomic E-state index is 12.8. The van der Waals surface area contributed by atoms with E-state index >= 15 is 0 Å². The second-order valence-corrected chi connectivity index (χ2v) is 6.26. The molecule has 1 aromatic rings. The summed E-state index contributed by atoms with van der Waals surface area (Å²) in [5, 5.41) is 9.65. The van der Waals surface area contributed by atoms with Gasteiger partial charge < -0.3 is 14.9 Å². The highest BCUT2D eigenvalue weighted by molar-refractivity contribution is 5.94. The molecule has 0 aromatic heterocycles. The molecule has 1 aromatic carbocycles. The van der Waals surface area contributed by atoms with Crippen LogP contribution in [0.25, 0.3) is 0 Å². The van der Waals surface area contributed by atoms with Gasteiger partial charge in [-0.15, -0.1) is 0 Å². The SMILES string of the molecule is CN(C)Cc1cccc(C(=O)N2CCC(O)(C(F)(F)F)CC2)c1. The first kappa shape index (κ1) is 17.7. The molecule has 2 rings (SSSR count). The van der Waals surface area contributed by atoms with Crippen molar-refractivity contribution in [3.8, 4) is 0 Å². The lowest BCUT2D eigenvalue weighted by Gasteiger charge is -2.39. The van der Waals surface area contributed by atoms with E-state index in [0.717, 1.165) is 5.56 Å². The van der Waals surface area contributed by atoms with Crippen LogP contribution < -0.4 is 0 Å². The lowest BCUT2D eigenvalue weighted by molar-refractivity contribution is -0.271. The van der Waals surface area contributed by atoms with Gasteiger partial charge in [0.15, 0.2) is 5.60 Å². The number of alkyl halides is 3. The molecular weight excluding hydrogens is 309 g/mol. The number of amides is 1. The number of aliphatic hydroxyl groups is 1. The Hall–Kier alpha value is -1.60. The van der Waals surface area contributed by atoms with E-state index in [-0.39, 0.29) is 19.0 Å². The second-order valence-electron chi connectivity index (χ2n) is 6.26. The lowest BCUT2D eigenvalue weighted by Crippen LogP contribution is -2.54. The van der Waals surface area contributed by atoms with Gasteiger partial charge in [0.25, 0.3) is 5.91 Å². The largest absolute Gasteiger partial charge is 0.417 e. The maximum atomic E-state index is 12.8. The number of carbonyl (C=O) groups is 1.